The largest absolute Gasteiger partial charge is 0.387 e. The second kappa shape index (κ2) is 7.19. The number of hydrogen-bond donors (Lipinski definition) is 1. The first kappa shape index (κ1) is 24.0. The minimum Gasteiger partial charge on any atom is -0.387 e. The second-order valence-electron chi connectivity index (χ2n) is 14.5. The third-order valence-electron chi connectivity index (χ3n) is 12.5. The van der Waals surface area contributed by atoms with Gasteiger partial charge in [0, 0.05) is 11.8 Å². The van der Waals surface area contributed by atoms with E-state index in [1.54, 1.807) is 5.57 Å². The molecule has 0 amide bonds. The van der Waals surface area contributed by atoms with Crippen molar-refractivity contribution in [3.05, 3.63) is 11.6 Å². The van der Waals surface area contributed by atoms with Crippen LogP contribution in [-0.4, -0.2) is 28.7 Å². The lowest BCUT2D eigenvalue weighted by Gasteiger charge is -2.63. The number of aliphatic hydroxyl groups is 1. The molecule has 0 unspecified atom stereocenters. The molecule has 0 aromatic heterocycles. The Morgan fingerprint density at radius 2 is 1.76 bits per heavy atom. The van der Waals surface area contributed by atoms with Crippen LogP contribution in [0.2, 0.25) is 0 Å². The fourth-order valence-corrected chi connectivity index (χ4v) is 10.1. The van der Waals surface area contributed by atoms with E-state index in [0.717, 1.165) is 25.7 Å². The van der Waals surface area contributed by atoms with Gasteiger partial charge in [-0.15, -0.1) is 0 Å². The van der Waals surface area contributed by atoms with Crippen molar-refractivity contribution >= 4 is 5.78 Å². The van der Waals surface area contributed by atoms with Crippen molar-refractivity contribution in [1.29, 1.82) is 0 Å². The summed E-state index contributed by atoms with van der Waals surface area (Å²) in [5.74, 6) is 2.83. The lowest BCUT2D eigenvalue weighted by Crippen LogP contribution is -2.61. The Balaban J connectivity index is 1.41. The van der Waals surface area contributed by atoms with Crippen LogP contribution in [0.25, 0.3) is 0 Å². The van der Waals surface area contributed by atoms with Gasteiger partial charge in [-0.25, -0.2) is 0 Å². The number of fused-ring (bicyclic) bond motifs is 5. The summed E-state index contributed by atoms with van der Waals surface area (Å²) in [7, 11) is 0. The van der Waals surface area contributed by atoms with Crippen molar-refractivity contribution in [1.82, 2.24) is 0 Å². The van der Waals surface area contributed by atoms with Gasteiger partial charge in [0.05, 0.1) is 11.7 Å². The van der Waals surface area contributed by atoms with E-state index >= 15 is 0 Å². The average molecular weight is 457 g/mol. The predicted molar refractivity (Wildman–Crippen MR) is 133 cm³/mol. The van der Waals surface area contributed by atoms with E-state index in [0.29, 0.717) is 34.9 Å². The van der Waals surface area contributed by atoms with Crippen molar-refractivity contribution in [2.75, 3.05) is 0 Å². The van der Waals surface area contributed by atoms with Gasteiger partial charge < -0.3 is 9.84 Å². The Morgan fingerprint density at radius 1 is 1.06 bits per heavy atom. The summed E-state index contributed by atoms with van der Waals surface area (Å²) in [6, 6.07) is 0. The van der Waals surface area contributed by atoms with Gasteiger partial charge in [0.15, 0.2) is 0 Å². The van der Waals surface area contributed by atoms with Crippen molar-refractivity contribution < 1.29 is 14.6 Å². The standard InChI is InChI=1S/C30H48O3/c1-18(17-22-25(32)27(4,5)33-22)19-11-15-30(8)21-9-10-23-26(2,3)24(31)13-14-28(23,6)20(21)12-16-29(19,30)7/h9,18-20,22-23,25,32H,10-17H2,1-8H3/t18-,19-,20-,22+,23-,25-,28+,29-,30+/m0/s1. The first-order valence-corrected chi connectivity index (χ1v) is 13.8. The molecule has 0 spiro atoms. The third kappa shape index (κ3) is 3.03. The summed E-state index contributed by atoms with van der Waals surface area (Å²) in [6.45, 7) is 18.5. The maximum Gasteiger partial charge on any atom is 0.138 e. The van der Waals surface area contributed by atoms with Crippen LogP contribution in [0.5, 0.6) is 0 Å². The number of carbonyl (C=O) groups excluding carboxylic acids is 1. The quantitative estimate of drug-likeness (QED) is 0.479. The van der Waals surface area contributed by atoms with Crippen molar-refractivity contribution in [3.63, 3.8) is 0 Å². The maximum absolute atomic E-state index is 12.8. The van der Waals surface area contributed by atoms with Gasteiger partial charge in [-0.2, -0.15) is 0 Å². The first-order chi connectivity index (χ1) is 15.2. The minimum atomic E-state index is -0.384. The van der Waals surface area contributed by atoms with Crippen molar-refractivity contribution in [2.45, 2.75) is 125 Å². The van der Waals surface area contributed by atoms with Gasteiger partial charge in [0.25, 0.3) is 0 Å². The van der Waals surface area contributed by atoms with Crippen LogP contribution in [0, 0.1) is 45.3 Å². The van der Waals surface area contributed by atoms with Gasteiger partial charge >= 0.3 is 0 Å². The molecule has 4 aliphatic carbocycles. The summed E-state index contributed by atoms with van der Waals surface area (Å²) in [5, 5.41) is 10.6. The Morgan fingerprint density at radius 3 is 2.39 bits per heavy atom. The highest BCUT2D eigenvalue weighted by molar-refractivity contribution is 5.85. The van der Waals surface area contributed by atoms with Gasteiger partial charge in [0.1, 0.15) is 11.9 Å². The van der Waals surface area contributed by atoms with Crippen LogP contribution in [0.1, 0.15) is 107 Å². The lowest BCUT2D eigenvalue weighted by atomic mass is 9.41. The summed E-state index contributed by atoms with van der Waals surface area (Å²) in [5.41, 5.74) is 1.99. The summed E-state index contributed by atoms with van der Waals surface area (Å²) in [6.07, 6.45) is 11.3. The Bertz CT molecular complexity index is 870. The zero-order chi connectivity index (χ0) is 24.2. The molecule has 1 aliphatic heterocycles. The predicted octanol–water partition coefficient (Wildman–Crippen LogP) is 6.73. The van der Waals surface area contributed by atoms with Gasteiger partial charge in [0.2, 0.25) is 0 Å². The van der Waals surface area contributed by atoms with E-state index in [9.17, 15) is 9.90 Å². The Labute approximate surface area is 202 Å². The SMILES string of the molecule is C[C@@H](C[C@H]1OC(C)(C)[C@H]1O)[C@@H]1CC[C@]2(C)C3=CC[C@H]4C(C)(C)C(=O)CC[C@]4(C)[C@H]3CC[C@@]12C. The molecule has 3 heteroatoms. The van der Waals surface area contributed by atoms with Crippen molar-refractivity contribution in [2.24, 2.45) is 45.3 Å². The van der Waals surface area contributed by atoms with Crippen LogP contribution in [-0.2, 0) is 9.53 Å². The molecule has 33 heavy (non-hydrogen) atoms. The highest BCUT2D eigenvalue weighted by Crippen LogP contribution is 2.73. The van der Waals surface area contributed by atoms with Crippen LogP contribution in [0.3, 0.4) is 0 Å². The number of ketones is 1. The van der Waals surface area contributed by atoms with Gasteiger partial charge in [-0.1, -0.05) is 53.2 Å². The van der Waals surface area contributed by atoms with Crippen LogP contribution < -0.4 is 0 Å². The van der Waals surface area contributed by atoms with Gasteiger partial charge in [-0.05, 0) is 98.7 Å². The highest BCUT2D eigenvalue weighted by Gasteiger charge is 2.65. The molecule has 9 atom stereocenters. The highest BCUT2D eigenvalue weighted by atomic mass is 16.6. The first-order valence-electron chi connectivity index (χ1n) is 13.8. The third-order valence-corrected chi connectivity index (χ3v) is 12.5. The van der Waals surface area contributed by atoms with E-state index in [1.807, 2.05) is 13.8 Å². The van der Waals surface area contributed by atoms with E-state index in [4.69, 9.17) is 4.74 Å². The smallest absolute Gasteiger partial charge is 0.138 e. The molecule has 0 aromatic rings. The van der Waals surface area contributed by atoms with Crippen LogP contribution in [0.15, 0.2) is 11.6 Å². The fraction of sp³-hybridized carbons (Fsp3) is 0.900. The summed E-state index contributed by atoms with van der Waals surface area (Å²) in [4.78, 5) is 12.8. The molecule has 0 radical (unpaired) electrons. The molecule has 1 N–H and O–H groups in total. The topological polar surface area (TPSA) is 46.5 Å². The number of Topliss-reactive ketones (excluding diaryl/α,β-unsaturated/α-hetero) is 1. The molecule has 1 saturated heterocycles. The normalized spacial score (nSPS) is 51.0. The molecular formula is C30H48O3. The minimum absolute atomic E-state index is 0.00244. The number of rotatable bonds is 3. The number of aliphatic hydroxyl groups excluding tert-OH is 1. The lowest BCUT2D eigenvalue weighted by molar-refractivity contribution is -0.278. The zero-order valence-electron chi connectivity index (χ0n) is 22.5. The average Bonchev–Trinajstić information content (AvgIpc) is 3.02. The number of ether oxygens (including phenoxy) is 1. The molecule has 5 rings (SSSR count). The van der Waals surface area contributed by atoms with E-state index in [2.05, 4.69) is 47.6 Å². The van der Waals surface area contributed by atoms with Crippen LogP contribution >= 0.6 is 0 Å². The second-order valence-corrected chi connectivity index (χ2v) is 14.5. The Kier molecular flexibility index (Phi) is 5.24. The molecule has 1 heterocycles. The molecule has 5 aliphatic rings. The van der Waals surface area contributed by atoms with Gasteiger partial charge in [-0.3, -0.25) is 4.79 Å². The monoisotopic (exact) mass is 456 g/mol. The molecule has 3 nitrogen and oxygen atoms in total. The molecule has 0 bridgehead atoms. The number of carbonyl (C=O) groups is 1. The molecule has 4 fully saturated rings. The summed E-state index contributed by atoms with van der Waals surface area (Å²) >= 11 is 0. The van der Waals surface area contributed by atoms with E-state index in [1.165, 1.54) is 25.7 Å². The van der Waals surface area contributed by atoms with Crippen LogP contribution in [0.4, 0.5) is 0 Å². The maximum atomic E-state index is 12.8. The van der Waals surface area contributed by atoms with Crippen molar-refractivity contribution in [3.8, 4) is 0 Å². The van der Waals surface area contributed by atoms with E-state index < -0.39 is 0 Å². The molecule has 0 aromatic carbocycles. The Hall–Kier alpha value is -0.670. The molecule has 186 valence electrons. The number of allylic oxidation sites excluding steroid dienone is 2. The molecule has 3 saturated carbocycles. The summed E-state index contributed by atoms with van der Waals surface area (Å²) < 4.78 is 6.06. The zero-order valence-corrected chi connectivity index (χ0v) is 22.5. The molecular weight excluding hydrogens is 408 g/mol. The van der Waals surface area contributed by atoms with E-state index in [-0.39, 0.29) is 34.1 Å². The fourth-order valence-electron chi connectivity index (χ4n) is 10.1. The number of hydrogen-bond acceptors (Lipinski definition) is 3.